The summed E-state index contributed by atoms with van der Waals surface area (Å²) in [5.74, 6) is 0.162. The number of anilines is 1. The quantitative estimate of drug-likeness (QED) is 0.304. The van der Waals surface area contributed by atoms with E-state index < -0.39 is 0 Å². The van der Waals surface area contributed by atoms with Gasteiger partial charge in [-0.15, -0.1) is 0 Å². The third-order valence-electron chi connectivity index (χ3n) is 6.81. The molecule has 2 rings (SSSR count). The Hall–Kier alpha value is -1.71. The maximum absolute atomic E-state index is 10.5. The van der Waals surface area contributed by atoms with Gasteiger partial charge >= 0.3 is 0 Å². The first-order valence-electron chi connectivity index (χ1n) is 15.2. The molecule has 0 atom stereocenters. The summed E-state index contributed by atoms with van der Waals surface area (Å²) >= 11 is 0. The zero-order chi connectivity index (χ0) is 29.7. The lowest BCUT2D eigenvalue weighted by atomic mass is 10.3. The summed E-state index contributed by atoms with van der Waals surface area (Å²) < 4.78 is 0. The van der Waals surface area contributed by atoms with Crippen molar-refractivity contribution in [2.75, 3.05) is 112 Å². The molecule has 0 saturated carbocycles. The average molecular weight is 552 g/mol. The van der Waals surface area contributed by atoms with Gasteiger partial charge in [0.2, 0.25) is 5.91 Å². The number of nitrogens with zero attached hydrogens (tertiary/aromatic N) is 4. The molecule has 1 aromatic carbocycles. The molecule has 1 aliphatic rings. The fraction of sp³-hybridized carbons (Fsp3) is 0.774. The van der Waals surface area contributed by atoms with Crippen molar-refractivity contribution in [2.24, 2.45) is 0 Å². The third kappa shape index (κ3) is 25.0. The monoisotopic (exact) mass is 552 g/mol. The van der Waals surface area contributed by atoms with Gasteiger partial charge in [-0.3, -0.25) is 4.79 Å². The summed E-state index contributed by atoms with van der Waals surface area (Å²) in [6.07, 6.45) is 3.90. The highest BCUT2D eigenvalue weighted by molar-refractivity contribution is 5.73. The van der Waals surface area contributed by atoms with Crippen LogP contribution in [0.2, 0.25) is 0 Å². The molecule has 0 aliphatic carbocycles. The van der Waals surface area contributed by atoms with Crippen LogP contribution in [0.4, 0.5) is 5.69 Å². The van der Waals surface area contributed by atoms with Crippen LogP contribution >= 0.6 is 0 Å². The van der Waals surface area contributed by atoms with Gasteiger partial charge in [-0.2, -0.15) is 0 Å². The first kappa shape index (κ1) is 39.4. The molecule has 1 aliphatic heterocycles. The van der Waals surface area contributed by atoms with Crippen molar-refractivity contribution < 1.29 is 4.79 Å². The highest BCUT2D eigenvalue weighted by Gasteiger charge is 2.12. The number of piperazine rings is 1. The van der Waals surface area contributed by atoms with Crippen LogP contribution in [-0.2, 0) is 4.79 Å². The van der Waals surface area contributed by atoms with E-state index in [0.717, 1.165) is 31.9 Å². The predicted octanol–water partition coefficient (Wildman–Crippen LogP) is 3.77. The van der Waals surface area contributed by atoms with E-state index in [9.17, 15) is 4.79 Å². The van der Waals surface area contributed by atoms with E-state index in [1.54, 1.807) is 11.8 Å². The Kier molecular flexibility index (Phi) is 29.6. The molecule has 0 spiro atoms. The molecule has 1 fully saturated rings. The highest BCUT2D eigenvalue weighted by Crippen LogP contribution is 2.01. The van der Waals surface area contributed by atoms with E-state index in [1.165, 1.54) is 71.6 Å². The lowest BCUT2D eigenvalue weighted by molar-refractivity contribution is -0.128. The minimum absolute atomic E-state index is 0.162. The van der Waals surface area contributed by atoms with Gasteiger partial charge in [0.1, 0.15) is 0 Å². The first-order valence-corrected chi connectivity index (χ1v) is 15.2. The van der Waals surface area contributed by atoms with Crippen LogP contribution in [0.25, 0.3) is 0 Å². The minimum Gasteiger partial charge on any atom is -0.388 e. The second-order valence-electron chi connectivity index (χ2n) is 9.75. The smallest absolute Gasteiger partial charge is 0.219 e. The van der Waals surface area contributed by atoms with Gasteiger partial charge in [0, 0.05) is 58.9 Å². The second kappa shape index (κ2) is 29.3. The average Bonchev–Trinajstić information content (AvgIpc) is 2.96. The van der Waals surface area contributed by atoms with E-state index >= 15 is 0 Å². The molecule has 0 bridgehead atoms. The molecule has 230 valence electrons. The van der Waals surface area contributed by atoms with Crippen molar-refractivity contribution in [3.63, 3.8) is 0 Å². The number of hydrogen-bond donors (Lipinski definition) is 3. The molecule has 0 radical (unpaired) electrons. The Bertz CT molecular complexity index is 617. The molecule has 1 amide bonds. The van der Waals surface area contributed by atoms with E-state index in [-0.39, 0.29) is 5.91 Å². The molecule has 8 heteroatoms. The Morgan fingerprint density at radius 1 is 0.795 bits per heavy atom. The second-order valence-corrected chi connectivity index (χ2v) is 9.75. The summed E-state index contributed by atoms with van der Waals surface area (Å²) in [7, 11) is 8.14. The van der Waals surface area contributed by atoms with Crippen LogP contribution in [0.3, 0.4) is 0 Å². The van der Waals surface area contributed by atoms with Crippen LogP contribution in [0.15, 0.2) is 30.3 Å². The van der Waals surface area contributed by atoms with Crippen molar-refractivity contribution >= 4 is 11.6 Å². The van der Waals surface area contributed by atoms with E-state index in [4.69, 9.17) is 0 Å². The SMILES string of the molecule is CCN(CC)C(C)=O.CCN(CC)CCCCNC.CNCCCN1CCN(C)CC1.CNc1ccccc1. The summed E-state index contributed by atoms with van der Waals surface area (Å²) in [5, 5.41) is 9.36. The van der Waals surface area contributed by atoms with Gasteiger partial charge in [-0.1, -0.05) is 32.0 Å². The largest absolute Gasteiger partial charge is 0.388 e. The van der Waals surface area contributed by atoms with Crippen molar-refractivity contribution in [1.82, 2.24) is 30.2 Å². The van der Waals surface area contributed by atoms with Crippen LogP contribution < -0.4 is 16.0 Å². The standard InChI is InChI=1S/C9H21N3.C9H22N2.C7H9N.C6H13NO/c1-10-4-3-5-12-8-6-11(2)7-9-12;1-4-11(5-2)9-7-6-8-10-3;1-8-7-5-3-2-4-6-7;1-4-7(5-2)6(3)8/h10H,3-9H2,1-2H3;10H,4-9H2,1-3H3;2-6,8H,1H3;4-5H2,1-3H3. The molecular formula is C31H65N7O. The fourth-order valence-electron chi connectivity index (χ4n) is 4.00. The van der Waals surface area contributed by atoms with E-state index in [0.29, 0.717) is 0 Å². The van der Waals surface area contributed by atoms with Crippen LogP contribution in [0.1, 0.15) is 53.9 Å². The normalized spacial score (nSPS) is 13.3. The highest BCUT2D eigenvalue weighted by atomic mass is 16.2. The Labute approximate surface area is 242 Å². The van der Waals surface area contributed by atoms with Gasteiger partial charge in [0.15, 0.2) is 0 Å². The molecule has 0 unspecified atom stereocenters. The van der Waals surface area contributed by atoms with E-state index in [1.807, 2.05) is 65.3 Å². The van der Waals surface area contributed by atoms with Gasteiger partial charge in [-0.05, 0) is 106 Å². The maximum atomic E-state index is 10.5. The number of rotatable bonds is 14. The van der Waals surface area contributed by atoms with Crippen molar-refractivity contribution in [2.45, 2.75) is 53.9 Å². The number of benzene rings is 1. The molecule has 3 N–H and O–H groups in total. The van der Waals surface area contributed by atoms with Crippen LogP contribution in [-0.4, -0.2) is 132 Å². The number of hydrogen-bond acceptors (Lipinski definition) is 7. The lowest BCUT2D eigenvalue weighted by Crippen LogP contribution is -2.45. The summed E-state index contributed by atoms with van der Waals surface area (Å²) in [6, 6.07) is 10.1. The number of amides is 1. The van der Waals surface area contributed by atoms with Crippen LogP contribution in [0, 0.1) is 0 Å². The molecule has 1 heterocycles. The number of carbonyl (C=O) groups excluding carboxylic acids is 1. The topological polar surface area (TPSA) is 66.1 Å². The number of carbonyl (C=O) groups is 1. The number of nitrogens with one attached hydrogen (secondary N) is 3. The summed E-state index contributed by atoms with van der Waals surface area (Å²) in [4.78, 5) is 19.7. The molecule has 0 aromatic heterocycles. The lowest BCUT2D eigenvalue weighted by Gasteiger charge is -2.32. The Morgan fingerprint density at radius 3 is 1.72 bits per heavy atom. The molecular weight excluding hydrogens is 486 g/mol. The first-order chi connectivity index (χ1) is 18.8. The Morgan fingerprint density at radius 2 is 1.33 bits per heavy atom. The van der Waals surface area contributed by atoms with Crippen molar-refractivity contribution in [1.29, 1.82) is 0 Å². The molecule has 1 aromatic rings. The predicted molar refractivity (Wildman–Crippen MR) is 173 cm³/mol. The number of likely N-dealkylation sites (N-methyl/N-ethyl adjacent to an activating group) is 1. The van der Waals surface area contributed by atoms with E-state index in [2.05, 4.69) is 51.5 Å². The van der Waals surface area contributed by atoms with Crippen LogP contribution in [0.5, 0.6) is 0 Å². The molecule has 8 nitrogen and oxygen atoms in total. The zero-order valence-corrected chi connectivity index (χ0v) is 27.2. The van der Waals surface area contributed by atoms with Crippen molar-refractivity contribution in [3.8, 4) is 0 Å². The van der Waals surface area contributed by atoms with Gasteiger partial charge in [-0.25, -0.2) is 0 Å². The Balaban J connectivity index is 0. The summed E-state index contributed by atoms with van der Waals surface area (Å²) in [5.41, 5.74) is 1.16. The molecule has 39 heavy (non-hydrogen) atoms. The fourth-order valence-corrected chi connectivity index (χ4v) is 4.00. The van der Waals surface area contributed by atoms with Gasteiger partial charge < -0.3 is 35.6 Å². The molecule has 1 saturated heterocycles. The zero-order valence-electron chi connectivity index (χ0n) is 27.2. The summed E-state index contributed by atoms with van der Waals surface area (Å²) in [6.45, 7) is 23.8. The van der Waals surface area contributed by atoms with Gasteiger partial charge in [0.25, 0.3) is 0 Å². The number of unbranched alkanes of at least 4 members (excludes halogenated alkanes) is 1. The third-order valence-corrected chi connectivity index (χ3v) is 6.81. The van der Waals surface area contributed by atoms with Crippen molar-refractivity contribution in [3.05, 3.63) is 30.3 Å². The minimum atomic E-state index is 0.162. The number of para-hydroxylation sites is 1. The maximum Gasteiger partial charge on any atom is 0.219 e. The van der Waals surface area contributed by atoms with Gasteiger partial charge in [0.05, 0.1) is 0 Å².